The molecule has 2 fully saturated rings. The minimum Gasteiger partial charge on any atom is -0.481 e. The Labute approximate surface area is 113 Å². The third kappa shape index (κ3) is 3.59. The third-order valence-corrected chi connectivity index (χ3v) is 4.22. The molecule has 0 atom stereocenters. The molecule has 3 N–H and O–H groups in total. The number of carbonyl (C=O) groups excluding carboxylic acids is 1. The van der Waals surface area contributed by atoms with Crippen molar-refractivity contribution in [2.24, 2.45) is 5.41 Å². The highest BCUT2D eigenvalue weighted by Gasteiger charge is 2.41. The van der Waals surface area contributed by atoms with Crippen molar-refractivity contribution in [2.75, 3.05) is 19.6 Å². The van der Waals surface area contributed by atoms with Crippen LogP contribution in [0, 0.1) is 5.41 Å². The van der Waals surface area contributed by atoms with Crippen LogP contribution >= 0.6 is 0 Å². The predicted octanol–water partition coefficient (Wildman–Crippen LogP) is 1.33. The van der Waals surface area contributed by atoms with Crippen molar-refractivity contribution >= 4 is 12.0 Å². The SMILES string of the molecule is O=C(NCC1(C(=O)O)CCCC1)NN1CCCCC1. The molecule has 0 radical (unpaired) electrons. The zero-order chi connectivity index (χ0) is 13.7. The zero-order valence-electron chi connectivity index (χ0n) is 11.3. The summed E-state index contributed by atoms with van der Waals surface area (Å²) in [7, 11) is 0. The highest BCUT2D eigenvalue weighted by Crippen LogP contribution is 2.37. The molecule has 1 saturated heterocycles. The van der Waals surface area contributed by atoms with Gasteiger partial charge in [-0.25, -0.2) is 9.80 Å². The number of piperidine rings is 1. The summed E-state index contributed by atoms with van der Waals surface area (Å²) in [5.41, 5.74) is 2.04. The van der Waals surface area contributed by atoms with Gasteiger partial charge in [0, 0.05) is 19.6 Å². The van der Waals surface area contributed by atoms with Gasteiger partial charge in [-0.2, -0.15) is 0 Å². The van der Waals surface area contributed by atoms with Crippen molar-refractivity contribution in [3.05, 3.63) is 0 Å². The van der Waals surface area contributed by atoms with Crippen LogP contribution in [0.5, 0.6) is 0 Å². The van der Waals surface area contributed by atoms with Gasteiger partial charge in [0.2, 0.25) is 0 Å². The molecule has 1 aliphatic carbocycles. The number of carboxylic acid groups (broad SMARTS) is 1. The van der Waals surface area contributed by atoms with Crippen molar-refractivity contribution in [1.82, 2.24) is 15.8 Å². The highest BCUT2D eigenvalue weighted by molar-refractivity contribution is 5.78. The van der Waals surface area contributed by atoms with E-state index in [0.29, 0.717) is 12.8 Å². The lowest BCUT2D eigenvalue weighted by molar-refractivity contribution is -0.148. The average Bonchev–Trinajstić information content (AvgIpc) is 2.88. The summed E-state index contributed by atoms with van der Waals surface area (Å²) in [6.07, 6.45) is 6.59. The number of aliphatic carboxylic acids is 1. The Morgan fingerprint density at radius 1 is 1.05 bits per heavy atom. The second-order valence-corrected chi connectivity index (χ2v) is 5.63. The Bertz CT molecular complexity index is 334. The van der Waals surface area contributed by atoms with E-state index in [0.717, 1.165) is 38.8 Å². The molecule has 2 amide bonds. The second kappa shape index (κ2) is 6.23. The van der Waals surface area contributed by atoms with E-state index in [2.05, 4.69) is 10.7 Å². The van der Waals surface area contributed by atoms with E-state index in [1.807, 2.05) is 5.01 Å². The molecule has 1 saturated carbocycles. The molecule has 19 heavy (non-hydrogen) atoms. The molecule has 2 aliphatic rings. The Morgan fingerprint density at radius 3 is 2.26 bits per heavy atom. The van der Waals surface area contributed by atoms with Gasteiger partial charge < -0.3 is 10.4 Å². The van der Waals surface area contributed by atoms with Gasteiger partial charge in [0.25, 0.3) is 0 Å². The van der Waals surface area contributed by atoms with Crippen LogP contribution in [0.2, 0.25) is 0 Å². The number of nitrogens with zero attached hydrogens (tertiary/aromatic N) is 1. The number of carboxylic acids is 1. The monoisotopic (exact) mass is 269 g/mol. The molecule has 2 rings (SSSR count). The smallest absolute Gasteiger partial charge is 0.329 e. The van der Waals surface area contributed by atoms with Crippen LogP contribution in [0.15, 0.2) is 0 Å². The quantitative estimate of drug-likeness (QED) is 0.719. The Balaban J connectivity index is 1.77. The van der Waals surface area contributed by atoms with Crippen molar-refractivity contribution < 1.29 is 14.7 Å². The van der Waals surface area contributed by atoms with E-state index in [9.17, 15) is 14.7 Å². The fourth-order valence-electron chi connectivity index (χ4n) is 2.96. The first kappa shape index (κ1) is 14.1. The molecular formula is C13H23N3O3. The number of hydrazine groups is 1. The molecule has 108 valence electrons. The van der Waals surface area contributed by atoms with E-state index in [1.54, 1.807) is 0 Å². The molecule has 0 aromatic carbocycles. The summed E-state index contributed by atoms with van der Waals surface area (Å²) in [5, 5.41) is 13.9. The van der Waals surface area contributed by atoms with Crippen molar-refractivity contribution in [3.63, 3.8) is 0 Å². The summed E-state index contributed by atoms with van der Waals surface area (Å²) >= 11 is 0. The first-order valence-electron chi connectivity index (χ1n) is 7.15. The molecule has 1 heterocycles. The first-order valence-corrected chi connectivity index (χ1v) is 7.15. The normalized spacial score (nSPS) is 22.9. The number of rotatable bonds is 4. The number of amides is 2. The van der Waals surface area contributed by atoms with Gasteiger partial charge >= 0.3 is 12.0 Å². The zero-order valence-corrected chi connectivity index (χ0v) is 11.3. The van der Waals surface area contributed by atoms with E-state index in [-0.39, 0.29) is 12.6 Å². The van der Waals surface area contributed by atoms with E-state index < -0.39 is 11.4 Å². The van der Waals surface area contributed by atoms with Gasteiger partial charge in [-0.3, -0.25) is 10.2 Å². The van der Waals surface area contributed by atoms with Gasteiger partial charge in [0.05, 0.1) is 5.41 Å². The minimum atomic E-state index is -0.789. The van der Waals surface area contributed by atoms with Crippen molar-refractivity contribution in [3.8, 4) is 0 Å². The van der Waals surface area contributed by atoms with Gasteiger partial charge in [-0.05, 0) is 25.7 Å². The average molecular weight is 269 g/mol. The minimum absolute atomic E-state index is 0.224. The fraction of sp³-hybridized carbons (Fsp3) is 0.846. The lowest BCUT2D eigenvalue weighted by Crippen LogP contribution is -2.52. The molecule has 0 aromatic heterocycles. The maximum absolute atomic E-state index is 11.8. The van der Waals surface area contributed by atoms with Crippen molar-refractivity contribution in [1.29, 1.82) is 0 Å². The summed E-state index contributed by atoms with van der Waals surface area (Å²) < 4.78 is 0. The van der Waals surface area contributed by atoms with Crippen LogP contribution in [0.1, 0.15) is 44.9 Å². The largest absolute Gasteiger partial charge is 0.481 e. The number of hydrogen-bond acceptors (Lipinski definition) is 3. The van der Waals surface area contributed by atoms with Crippen molar-refractivity contribution in [2.45, 2.75) is 44.9 Å². The number of carbonyl (C=O) groups is 2. The maximum atomic E-state index is 11.8. The second-order valence-electron chi connectivity index (χ2n) is 5.63. The van der Waals surface area contributed by atoms with Crippen LogP contribution in [-0.4, -0.2) is 41.8 Å². The summed E-state index contributed by atoms with van der Waals surface area (Å²) in [5.74, 6) is -0.789. The van der Waals surface area contributed by atoms with Crippen LogP contribution in [-0.2, 0) is 4.79 Å². The number of nitrogens with one attached hydrogen (secondary N) is 2. The van der Waals surface area contributed by atoms with Crippen LogP contribution in [0.25, 0.3) is 0 Å². The fourth-order valence-corrected chi connectivity index (χ4v) is 2.96. The standard InChI is InChI=1S/C13H23N3O3/c17-11(18)13(6-2-3-7-13)10-14-12(19)15-16-8-4-1-5-9-16/h1-10H2,(H,17,18)(H2,14,15,19). The molecule has 0 spiro atoms. The number of hydrogen-bond donors (Lipinski definition) is 3. The van der Waals surface area contributed by atoms with Crippen LogP contribution in [0.3, 0.4) is 0 Å². The maximum Gasteiger partial charge on any atom is 0.329 e. The van der Waals surface area contributed by atoms with Gasteiger partial charge in [0.1, 0.15) is 0 Å². The van der Waals surface area contributed by atoms with Gasteiger partial charge in [-0.15, -0.1) is 0 Å². The predicted molar refractivity (Wildman–Crippen MR) is 70.5 cm³/mol. The Kier molecular flexibility index (Phi) is 4.63. The molecule has 6 nitrogen and oxygen atoms in total. The van der Waals surface area contributed by atoms with Crippen LogP contribution in [0.4, 0.5) is 4.79 Å². The Morgan fingerprint density at radius 2 is 1.68 bits per heavy atom. The molecule has 0 aromatic rings. The van der Waals surface area contributed by atoms with Crippen LogP contribution < -0.4 is 10.7 Å². The lowest BCUT2D eigenvalue weighted by Gasteiger charge is -2.28. The molecule has 1 aliphatic heterocycles. The molecule has 0 bridgehead atoms. The Hall–Kier alpha value is -1.30. The van der Waals surface area contributed by atoms with E-state index in [4.69, 9.17) is 0 Å². The molecule has 6 heteroatoms. The highest BCUT2D eigenvalue weighted by atomic mass is 16.4. The van der Waals surface area contributed by atoms with Gasteiger partial charge in [0.15, 0.2) is 0 Å². The molecule has 0 unspecified atom stereocenters. The third-order valence-electron chi connectivity index (χ3n) is 4.22. The summed E-state index contributed by atoms with van der Waals surface area (Å²) in [4.78, 5) is 23.1. The lowest BCUT2D eigenvalue weighted by atomic mass is 9.86. The number of urea groups is 1. The van der Waals surface area contributed by atoms with Gasteiger partial charge in [-0.1, -0.05) is 19.3 Å². The summed E-state index contributed by atoms with van der Waals surface area (Å²) in [6.45, 7) is 1.97. The summed E-state index contributed by atoms with van der Waals surface area (Å²) in [6, 6.07) is -0.283. The molecular weight excluding hydrogens is 246 g/mol. The topological polar surface area (TPSA) is 81.7 Å². The first-order chi connectivity index (χ1) is 9.12. The van der Waals surface area contributed by atoms with E-state index >= 15 is 0 Å². The van der Waals surface area contributed by atoms with E-state index in [1.165, 1.54) is 6.42 Å².